The number of hydrogen-bond donors (Lipinski definition) is 0. The fourth-order valence-electron chi connectivity index (χ4n) is 3.85. The summed E-state index contributed by atoms with van der Waals surface area (Å²) in [5.41, 5.74) is 3.54. The minimum atomic E-state index is 0.446. The zero-order valence-electron chi connectivity index (χ0n) is 17.4. The molecule has 8 nitrogen and oxygen atoms in total. The van der Waals surface area contributed by atoms with Crippen molar-refractivity contribution in [1.82, 2.24) is 30.1 Å². The molecule has 1 aliphatic rings. The monoisotopic (exact) mass is 416 g/mol. The Morgan fingerprint density at radius 3 is 2.35 bits per heavy atom. The van der Waals surface area contributed by atoms with E-state index in [1.807, 2.05) is 55.6 Å². The third-order valence-corrected chi connectivity index (χ3v) is 5.53. The van der Waals surface area contributed by atoms with Crippen LogP contribution < -0.4 is 0 Å². The van der Waals surface area contributed by atoms with Crippen molar-refractivity contribution in [3.63, 3.8) is 0 Å². The number of benzene rings is 1. The van der Waals surface area contributed by atoms with Crippen molar-refractivity contribution in [3.05, 3.63) is 72.1 Å². The fourth-order valence-corrected chi connectivity index (χ4v) is 3.85. The highest BCUT2D eigenvalue weighted by molar-refractivity contribution is 5.77. The Balaban J connectivity index is 1.23. The molecule has 1 aromatic carbocycles. The van der Waals surface area contributed by atoms with E-state index < -0.39 is 0 Å². The van der Waals surface area contributed by atoms with Crippen LogP contribution in [0.3, 0.4) is 0 Å². The van der Waals surface area contributed by atoms with Crippen molar-refractivity contribution in [1.29, 1.82) is 0 Å². The molecule has 0 spiro atoms. The summed E-state index contributed by atoms with van der Waals surface area (Å²) >= 11 is 0. The van der Waals surface area contributed by atoms with Gasteiger partial charge in [-0.1, -0.05) is 41.6 Å². The first-order chi connectivity index (χ1) is 15.3. The summed E-state index contributed by atoms with van der Waals surface area (Å²) in [4.78, 5) is 9.18. The lowest BCUT2D eigenvalue weighted by atomic mass is 10.1. The molecule has 4 aromatic rings. The highest BCUT2D eigenvalue weighted by Gasteiger charge is 2.23. The summed E-state index contributed by atoms with van der Waals surface area (Å²) in [6.45, 7) is 7.25. The largest absolute Gasteiger partial charge is 0.419 e. The van der Waals surface area contributed by atoms with Gasteiger partial charge in [-0.15, -0.1) is 10.2 Å². The minimum absolute atomic E-state index is 0.446. The molecule has 1 aliphatic heterocycles. The standard InChI is InChI=1S/C23H24N6O2/c1-17-21(22(27-31-17)18-7-3-2-4-8-18)23-26-25-20(30-23)16-29-13-11-28(12-14-29)15-19-9-5-6-10-24-19/h2-10H,11-16H2,1H3. The van der Waals surface area contributed by atoms with Crippen molar-refractivity contribution in [2.24, 2.45) is 0 Å². The number of nitrogens with zero attached hydrogens (tertiary/aromatic N) is 6. The van der Waals surface area contributed by atoms with Crippen LogP contribution in [0.25, 0.3) is 22.7 Å². The molecular weight excluding hydrogens is 392 g/mol. The molecule has 1 saturated heterocycles. The van der Waals surface area contributed by atoms with E-state index in [1.54, 1.807) is 0 Å². The molecule has 158 valence electrons. The van der Waals surface area contributed by atoms with Crippen LogP contribution in [-0.2, 0) is 13.1 Å². The van der Waals surface area contributed by atoms with Gasteiger partial charge in [-0.2, -0.15) is 0 Å². The van der Waals surface area contributed by atoms with Crippen molar-refractivity contribution in [2.45, 2.75) is 20.0 Å². The normalized spacial score (nSPS) is 15.4. The Hall–Kier alpha value is -3.36. The maximum atomic E-state index is 6.01. The van der Waals surface area contributed by atoms with Crippen LogP contribution in [0.4, 0.5) is 0 Å². The first kappa shape index (κ1) is 19.6. The van der Waals surface area contributed by atoms with Gasteiger partial charge in [-0.3, -0.25) is 14.8 Å². The maximum absolute atomic E-state index is 6.01. The zero-order chi connectivity index (χ0) is 21.0. The summed E-state index contributed by atoms with van der Waals surface area (Å²) in [6, 6.07) is 15.9. The van der Waals surface area contributed by atoms with Gasteiger partial charge >= 0.3 is 0 Å². The lowest BCUT2D eigenvalue weighted by Crippen LogP contribution is -2.45. The second-order valence-electron chi connectivity index (χ2n) is 7.70. The van der Waals surface area contributed by atoms with Crippen LogP contribution in [0.2, 0.25) is 0 Å². The minimum Gasteiger partial charge on any atom is -0.419 e. The molecule has 8 heteroatoms. The molecule has 0 N–H and O–H groups in total. The number of rotatable bonds is 6. The zero-order valence-corrected chi connectivity index (χ0v) is 17.4. The maximum Gasteiger partial charge on any atom is 0.253 e. The van der Waals surface area contributed by atoms with Crippen LogP contribution in [-0.4, -0.2) is 56.3 Å². The van der Waals surface area contributed by atoms with E-state index in [1.165, 1.54) is 0 Å². The average Bonchev–Trinajstić information content (AvgIpc) is 3.42. The Labute approximate surface area is 180 Å². The number of aromatic nitrogens is 4. The van der Waals surface area contributed by atoms with Crippen LogP contribution >= 0.6 is 0 Å². The van der Waals surface area contributed by atoms with Crippen molar-refractivity contribution < 1.29 is 8.94 Å². The molecule has 0 saturated carbocycles. The SMILES string of the molecule is Cc1onc(-c2ccccc2)c1-c1nnc(CN2CCN(Cc3ccccn3)CC2)o1. The van der Waals surface area contributed by atoms with Gasteiger partial charge in [0.1, 0.15) is 17.0 Å². The number of piperazine rings is 1. The fraction of sp³-hybridized carbons (Fsp3) is 0.304. The molecule has 0 aliphatic carbocycles. The molecule has 0 bridgehead atoms. The highest BCUT2D eigenvalue weighted by Crippen LogP contribution is 2.33. The second kappa shape index (κ2) is 8.79. The Bertz CT molecular complexity index is 1120. The van der Waals surface area contributed by atoms with Crippen LogP contribution in [0.5, 0.6) is 0 Å². The molecule has 5 rings (SSSR count). The van der Waals surface area contributed by atoms with Crippen molar-refractivity contribution in [3.8, 4) is 22.7 Å². The van der Waals surface area contributed by atoms with E-state index in [0.717, 1.165) is 55.2 Å². The Kier molecular flexibility index (Phi) is 5.56. The van der Waals surface area contributed by atoms with E-state index in [-0.39, 0.29) is 0 Å². The summed E-state index contributed by atoms with van der Waals surface area (Å²) in [6.07, 6.45) is 1.85. The lowest BCUT2D eigenvalue weighted by Gasteiger charge is -2.33. The summed E-state index contributed by atoms with van der Waals surface area (Å²) in [5, 5.41) is 12.8. The second-order valence-corrected chi connectivity index (χ2v) is 7.70. The predicted octanol–water partition coefficient (Wildman–Crippen LogP) is 3.41. The smallest absolute Gasteiger partial charge is 0.253 e. The molecule has 1 fully saturated rings. The quantitative estimate of drug-likeness (QED) is 0.473. The van der Waals surface area contributed by atoms with Gasteiger partial charge in [0.15, 0.2) is 0 Å². The van der Waals surface area contributed by atoms with E-state index in [9.17, 15) is 0 Å². The molecule has 0 unspecified atom stereocenters. The first-order valence-electron chi connectivity index (χ1n) is 10.5. The summed E-state index contributed by atoms with van der Waals surface area (Å²) < 4.78 is 11.4. The summed E-state index contributed by atoms with van der Waals surface area (Å²) in [7, 11) is 0. The lowest BCUT2D eigenvalue weighted by molar-refractivity contribution is 0.113. The Morgan fingerprint density at radius 2 is 1.61 bits per heavy atom. The summed E-state index contributed by atoms with van der Waals surface area (Å²) in [5.74, 6) is 1.71. The topological polar surface area (TPSA) is 84.3 Å². The predicted molar refractivity (Wildman–Crippen MR) is 115 cm³/mol. The van der Waals surface area contributed by atoms with Crippen molar-refractivity contribution >= 4 is 0 Å². The first-order valence-corrected chi connectivity index (χ1v) is 10.5. The van der Waals surface area contributed by atoms with Gasteiger partial charge in [0.05, 0.1) is 12.2 Å². The molecule has 31 heavy (non-hydrogen) atoms. The molecule has 0 radical (unpaired) electrons. The Morgan fingerprint density at radius 1 is 0.871 bits per heavy atom. The van der Waals surface area contributed by atoms with Crippen molar-refractivity contribution in [2.75, 3.05) is 26.2 Å². The number of pyridine rings is 1. The van der Waals surface area contributed by atoms with Gasteiger partial charge in [-0.25, -0.2) is 0 Å². The van der Waals surface area contributed by atoms with Gasteiger partial charge in [0.25, 0.3) is 5.89 Å². The van der Waals surface area contributed by atoms with Gasteiger partial charge in [-0.05, 0) is 19.1 Å². The van der Waals surface area contributed by atoms with Gasteiger partial charge < -0.3 is 8.94 Å². The van der Waals surface area contributed by atoms with Crippen LogP contribution in [0.1, 0.15) is 17.3 Å². The third kappa shape index (κ3) is 4.40. The number of aryl methyl sites for hydroxylation is 1. The number of hydrogen-bond acceptors (Lipinski definition) is 8. The van der Waals surface area contributed by atoms with E-state index >= 15 is 0 Å². The van der Waals surface area contributed by atoms with E-state index in [0.29, 0.717) is 24.1 Å². The third-order valence-electron chi connectivity index (χ3n) is 5.53. The van der Waals surface area contributed by atoms with E-state index in [4.69, 9.17) is 8.94 Å². The molecular formula is C23H24N6O2. The highest BCUT2D eigenvalue weighted by atomic mass is 16.5. The molecule has 0 atom stereocenters. The van der Waals surface area contributed by atoms with Gasteiger partial charge in [0, 0.05) is 44.5 Å². The van der Waals surface area contributed by atoms with Crippen LogP contribution in [0.15, 0.2) is 63.7 Å². The molecule has 4 heterocycles. The van der Waals surface area contributed by atoms with E-state index in [2.05, 4.69) is 36.2 Å². The van der Waals surface area contributed by atoms with Gasteiger partial charge in [0.2, 0.25) is 5.89 Å². The average molecular weight is 416 g/mol. The molecule has 0 amide bonds. The van der Waals surface area contributed by atoms with Crippen LogP contribution in [0, 0.1) is 6.92 Å². The molecule has 3 aromatic heterocycles.